The van der Waals surface area contributed by atoms with Gasteiger partial charge in [0.05, 0.1) is 46.8 Å². The van der Waals surface area contributed by atoms with E-state index in [4.69, 9.17) is 18.9 Å². The highest BCUT2D eigenvalue weighted by atomic mass is 16.5. The molecule has 31 heavy (non-hydrogen) atoms. The molecule has 0 spiro atoms. The van der Waals surface area contributed by atoms with Crippen molar-refractivity contribution in [3.05, 3.63) is 48.0 Å². The van der Waals surface area contributed by atoms with E-state index in [0.717, 1.165) is 44.2 Å². The average molecular weight is 430 g/mol. The van der Waals surface area contributed by atoms with Crippen LogP contribution in [-0.4, -0.2) is 76.6 Å². The van der Waals surface area contributed by atoms with E-state index in [-0.39, 0.29) is 6.03 Å². The summed E-state index contributed by atoms with van der Waals surface area (Å²) in [5.74, 6) is 1.96. The lowest BCUT2D eigenvalue weighted by molar-refractivity contribution is 0.0349. The Bertz CT molecular complexity index is 855. The van der Waals surface area contributed by atoms with Crippen molar-refractivity contribution in [3.8, 4) is 17.2 Å². The van der Waals surface area contributed by atoms with Crippen LogP contribution in [0.5, 0.6) is 17.2 Å². The summed E-state index contributed by atoms with van der Waals surface area (Å²) in [5.41, 5.74) is 1.54. The Kier molecular flexibility index (Phi) is 8.37. The molecule has 0 atom stereocenters. The summed E-state index contributed by atoms with van der Waals surface area (Å²) >= 11 is 0. The highest BCUT2D eigenvalue weighted by Gasteiger charge is 2.20. The Balaban J connectivity index is 1.76. The van der Waals surface area contributed by atoms with Crippen molar-refractivity contribution in [1.82, 2.24) is 9.80 Å². The molecule has 1 N–H and O–H groups in total. The van der Waals surface area contributed by atoms with Crippen molar-refractivity contribution in [2.75, 3.05) is 66.0 Å². The molecule has 3 rings (SSSR count). The number of hydrogen-bond donors (Lipinski definition) is 1. The van der Waals surface area contributed by atoms with Gasteiger partial charge in [0.2, 0.25) is 0 Å². The minimum atomic E-state index is -0.206. The summed E-state index contributed by atoms with van der Waals surface area (Å²) in [6.07, 6.45) is 0. The fourth-order valence-corrected chi connectivity index (χ4v) is 3.47. The Labute approximate surface area is 183 Å². The van der Waals surface area contributed by atoms with Gasteiger partial charge >= 0.3 is 6.03 Å². The topological polar surface area (TPSA) is 72.5 Å². The van der Waals surface area contributed by atoms with E-state index in [0.29, 0.717) is 30.3 Å². The van der Waals surface area contributed by atoms with Gasteiger partial charge in [0.15, 0.2) is 0 Å². The van der Waals surface area contributed by atoms with Crippen molar-refractivity contribution in [2.24, 2.45) is 0 Å². The summed E-state index contributed by atoms with van der Waals surface area (Å²) in [7, 11) is 4.79. The average Bonchev–Trinajstić information content (AvgIpc) is 2.82. The van der Waals surface area contributed by atoms with Gasteiger partial charge in [-0.3, -0.25) is 4.90 Å². The number of amides is 2. The molecule has 8 heteroatoms. The lowest BCUT2D eigenvalue weighted by Crippen LogP contribution is -2.44. The maximum absolute atomic E-state index is 13.3. The number of carbonyl (C=O) groups excluding carboxylic acids is 1. The minimum Gasteiger partial charge on any atom is -0.497 e. The van der Waals surface area contributed by atoms with Gasteiger partial charge in [-0.25, -0.2) is 4.79 Å². The molecular formula is C23H31N3O5. The van der Waals surface area contributed by atoms with Crippen LogP contribution >= 0.6 is 0 Å². The molecule has 1 aliphatic heterocycles. The number of morpholine rings is 1. The maximum atomic E-state index is 13.3. The van der Waals surface area contributed by atoms with Gasteiger partial charge in [-0.05, 0) is 18.2 Å². The van der Waals surface area contributed by atoms with Gasteiger partial charge in [-0.15, -0.1) is 0 Å². The minimum absolute atomic E-state index is 0.206. The lowest BCUT2D eigenvalue weighted by Gasteiger charge is -2.30. The van der Waals surface area contributed by atoms with Crippen LogP contribution in [0.3, 0.4) is 0 Å². The molecule has 0 aromatic heterocycles. The van der Waals surface area contributed by atoms with Gasteiger partial charge in [-0.2, -0.15) is 0 Å². The van der Waals surface area contributed by atoms with E-state index in [1.807, 2.05) is 24.3 Å². The fourth-order valence-electron chi connectivity index (χ4n) is 3.47. The number of carbonyl (C=O) groups is 1. The van der Waals surface area contributed by atoms with Crippen LogP contribution in [0, 0.1) is 0 Å². The molecule has 1 heterocycles. The molecule has 8 nitrogen and oxygen atoms in total. The van der Waals surface area contributed by atoms with Crippen LogP contribution in [0.1, 0.15) is 5.56 Å². The zero-order chi connectivity index (χ0) is 22.1. The second-order valence-electron chi connectivity index (χ2n) is 7.18. The molecule has 2 aromatic carbocycles. The van der Waals surface area contributed by atoms with E-state index < -0.39 is 0 Å². The van der Waals surface area contributed by atoms with Gasteiger partial charge in [-0.1, -0.05) is 18.2 Å². The molecule has 0 unspecified atom stereocenters. The van der Waals surface area contributed by atoms with Crippen molar-refractivity contribution in [2.45, 2.75) is 6.54 Å². The molecule has 0 radical (unpaired) electrons. The van der Waals surface area contributed by atoms with Crippen molar-refractivity contribution in [1.29, 1.82) is 0 Å². The predicted molar refractivity (Wildman–Crippen MR) is 119 cm³/mol. The smallest absolute Gasteiger partial charge is 0.322 e. The third-order valence-corrected chi connectivity index (χ3v) is 5.28. The number of nitrogens with one attached hydrogen (secondary N) is 1. The quantitative estimate of drug-likeness (QED) is 0.661. The van der Waals surface area contributed by atoms with E-state index in [2.05, 4.69) is 10.2 Å². The number of para-hydroxylation sites is 1. The molecule has 2 amide bonds. The van der Waals surface area contributed by atoms with Crippen LogP contribution in [-0.2, 0) is 11.3 Å². The summed E-state index contributed by atoms with van der Waals surface area (Å²) in [4.78, 5) is 17.4. The lowest BCUT2D eigenvalue weighted by atomic mass is 10.2. The van der Waals surface area contributed by atoms with Gasteiger partial charge in [0, 0.05) is 37.8 Å². The second kappa shape index (κ2) is 11.4. The zero-order valence-electron chi connectivity index (χ0n) is 18.4. The monoisotopic (exact) mass is 429 g/mol. The summed E-state index contributed by atoms with van der Waals surface area (Å²) < 4.78 is 21.6. The van der Waals surface area contributed by atoms with Crippen molar-refractivity contribution in [3.63, 3.8) is 0 Å². The highest BCUT2D eigenvalue weighted by Crippen LogP contribution is 2.29. The first kappa shape index (κ1) is 22.7. The molecular weight excluding hydrogens is 398 g/mol. The Morgan fingerprint density at radius 2 is 1.77 bits per heavy atom. The van der Waals surface area contributed by atoms with Crippen LogP contribution in [0.25, 0.3) is 0 Å². The van der Waals surface area contributed by atoms with E-state index in [1.54, 1.807) is 44.4 Å². The molecule has 0 bridgehead atoms. The number of ether oxygens (including phenoxy) is 4. The van der Waals surface area contributed by atoms with E-state index >= 15 is 0 Å². The molecule has 0 aliphatic carbocycles. The highest BCUT2D eigenvalue weighted by molar-refractivity contribution is 5.91. The third-order valence-electron chi connectivity index (χ3n) is 5.28. The third kappa shape index (κ3) is 6.26. The molecule has 0 saturated carbocycles. The van der Waals surface area contributed by atoms with Crippen LogP contribution in [0.4, 0.5) is 10.5 Å². The fraction of sp³-hybridized carbons (Fsp3) is 0.435. The largest absolute Gasteiger partial charge is 0.497 e. The second-order valence-corrected chi connectivity index (χ2v) is 7.18. The van der Waals surface area contributed by atoms with Crippen LogP contribution in [0.15, 0.2) is 42.5 Å². The molecule has 1 aliphatic rings. The van der Waals surface area contributed by atoms with Crippen LogP contribution in [0.2, 0.25) is 0 Å². The summed E-state index contributed by atoms with van der Waals surface area (Å²) in [6, 6.07) is 12.8. The number of hydrogen-bond acceptors (Lipinski definition) is 6. The molecule has 1 fully saturated rings. The van der Waals surface area contributed by atoms with E-state index in [9.17, 15) is 4.79 Å². The first-order valence-electron chi connectivity index (χ1n) is 10.3. The van der Waals surface area contributed by atoms with E-state index in [1.165, 1.54) is 0 Å². The normalized spacial score (nSPS) is 14.0. The van der Waals surface area contributed by atoms with Gasteiger partial charge < -0.3 is 29.2 Å². The summed E-state index contributed by atoms with van der Waals surface area (Å²) in [5, 5.41) is 2.98. The SMILES string of the molecule is COc1ccc(NC(=O)N(CCN2CCOCC2)Cc2ccccc2OC)c(OC)c1. The predicted octanol–water partition coefficient (Wildman–Crippen LogP) is 3.08. The van der Waals surface area contributed by atoms with Crippen molar-refractivity contribution < 1.29 is 23.7 Å². The number of benzene rings is 2. The van der Waals surface area contributed by atoms with Crippen molar-refractivity contribution >= 4 is 11.7 Å². The number of methoxy groups -OCH3 is 3. The van der Waals surface area contributed by atoms with Crippen LogP contribution < -0.4 is 19.5 Å². The molecule has 2 aromatic rings. The molecule has 168 valence electrons. The number of nitrogens with zero attached hydrogens (tertiary/aromatic N) is 2. The summed E-state index contributed by atoms with van der Waals surface area (Å²) in [6.45, 7) is 4.96. The Morgan fingerprint density at radius 3 is 2.48 bits per heavy atom. The Hall–Kier alpha value is -2.97. The first-order valence-corrected chi connectivity index (χ1v) is 10.3. The number of rotatable bonds is 9. The standard InChI is InChI=1S/C23H31N3O5/c1-28-19-8-9-20(22(16-19)30-3)24-23(27)26(11-10-25-12-14-31-15-13-25)17-18-6-4-5-7-21(18)29-2/h4-9,16H,10-15,17H2,1-3H3,(H,24,27). The number of urea groups is 1. The number of anilines is 1. The first-order chi connectivity index (χ1) is 15.1. The maximum Gasteiger partial charge on any atom is 0.322 e. The van der Waals surface area contributed by atoms with Gasteiger partial charge in [0.25, 0.3) is 0 Å². The van der Waals surface area contributed by atoms with Gasteiger partial charge in [0.1, 0.15) is 17.2 Å². The molecule has 1 saturated heterocycles. The zero-order valence-corrected chi connectivity index (χ0v) is 18.4. The Morgan fingerprint density at radius 1 is 1.03 bits per heavy atom.